The fourth-order valence-corrected chi connectivity index (χ4v) is 2.22. The van der Waals surface area contributed by atoms with E-state index < -0.39 is 0 Å². The zero-order valence-corrected chi connectivity index (χ0v) is 8.94. The second-order valence-corrected chi connectivity index (χ2v) is 4.19. The molecular weight excluding hydrogens is 204 g/mol. The molecule has 0 radical (unpaired) electrons. The molecule has 0 bridgehead atoms. The van der Waals surface area contributed by atoms with Gasteiger partial charge in [-0.05, 0) is 32.0 Å². The lowest BCUT2D eigenvalue weighted by molar-refractivity contribution is 0.445. The Balaban J connectivity index is 2.04. The third-order valence-electron chi connectivity index (χ3n) is 3.12. The summed E-state index contributed by atoms with van der Waals surface area (Å²) in [5.41, 5.74) is 0.659. The topological polar surface area (TPSA) is 62.2 Å². The molecule has 0 atom stereocenters. The molecule has 0 spiro atoms. The number of pyridine rings is 1. The van der Waals surface area contributed by atoms with Crippen molar-refractivity contribution in [1.82, 2.24) is 19.9 Å². The fourth-order valence-electron chi connectivity index (χ4n) is 2.22. The van der Waals surface area contributed by atoms with Gasteiger partial charge < -0.3 is 5.32 Å². The summed E-state index contributed by atoms with van der Waals surface area (Å²) in [6.07, 6.45) is 2.16. The number of aromatic amines is 1. The number of hydrogen-bond acceptors (Lipinski definition) is 3. The summed E-state index contributed by atoms with van der Waals surface area (Å²) in [7, 11) is 0. The first-order chi connectivity index (χ1) is 7.84. The van der Waals surface area contributed by atoms with Crippen molar-refractivity contribution in [3.05, 3.63) is 34.4 Å². The van der Waals surface area contributed by atoms with Crippen LogP contribution in [0.2, 0.25) is 0 Å². The van der Waals surface area contributed by atoms with Crippen LogP contribution >= 0.6 is 0 Å². The van der Waals surface area contributed by atoms with Gasteiger partial charge in [-0.3, -0.25) is 9.89 Å². The lowest BCUT2D eigenvalue weighted by Crippen LogP contribution is -2.27. The lowest BCUT2D eigenvalue weighted by atomic mass is 9.98. The van der Waals surface area contributed by atoms with Gasteiger partial charge in [0.25, 0.3) is 5.56 Å². The molecule has 1 aliphatic rings. The normalized spacial score (nSPS) is 18.0. The maximum atomic E-state index is 11.6. The summed E-state index contributed by atoms with van der Waals surface area (Å²) >= 11 is 0. The quantitative estimate of drug-likeness (QED) is 0.732. The smallest absolute Gasteiger partial charge is 0.271 e. The standard InChI is InChI=1S/C11H14N4O/c16-10-3-1-2-9-13-11(14-15(9)10)8-4-6-12-7-5-8/h1-3,8,12H,4-7H2,(H,13,14). The lowest BCUT2D eigenvalue weighted by Gasteiger charge is -2.19. The van der Waals surface area contributed by atoms with E-state index in [4.69, 9.17) is 0 Å². The summed E-state index contributed by atoms with van der Waals surface area (Å²) in [4.78, 5) is 16.0. The largest absolute Gasteiger partial charge is 0.317 e. The van der Waals surface area contributed by atoms with Gasteiger partial charge in [-0.25, -0.2) is 9.50 Å². The van der Waals surface area contributed by atoms with Crippen LogP contribution in [0.1, 0.15) is 24.6 Å². The second-order valence-electron chi connectivity index (χ2n) is 4.19. The predicted molar refractivity (Wildman–Crippen MR) is 60.7 cm³/mol. The molecule has 3 heterocycles. The predicted octanol–water partition coefficient (Wildman–Crippen LogP) is 0.490. The highest BCUT2D eigenvalue weighted by atomic mass is 16.1. The van der Waals surface area contributed by atoms with E-state index in [9.17, 15) is 4.79 Å². The van der Waals surface area contributed by atoms with Gasteiger partial charge in [-0.2, -0.15) is 0 Å². The Morgan fingerprint density at radius 3 is 2.88 bits per heavy atom. The van der Waals surface area contributed by atoms with Crippen LogP contribution in [0, 0.1) is 0 Å². The maximum Gasteiger partial charge on any atom is 0.271 e. The minimum absolute atomic E-state index is 0.0508. The first kappa shape index (κ1) is 9.59. The van der Waals surface area contributed by atoms with E-state index in [2.05, 4.69) is 15.4 Å². The van der Waals surface area contributed by atoms with Crippen LogP contribution in [0.25, 0.3) is 5.65 Å². The SMILES string of the molecule is O=c1cccc2nc(C3CCNCC3)[nH]n12. The van der Waals surface area contributed by atoms with Crippen LogP contribution in [0.5, 0.6) is 0 Å². The Kier molecular flexibility index (Phi) is 2.25. The Bertz CT molecular complexity index is 550. The monoisotopic (exact) mass is 218 g/mol. The van der Waals surface area contributed by atoms with Gasteiger partial charge in [0.05, 0.1) is 0 Å². The fraction of sp³-hybridized carbons (Fsp3) is 0.455. The molecule has 0 aromatic carbocycles. The number of aromatic nitrogens is 3. The summed E-state index contributed by atoms with van der Waals surface area (Å²) < 4.78 is 1.51. The van der Waals surface area contributed by atoms with E-state index >= 15 is 0 Å². The van der Waals surface area contributed by atoms with Crippen LogP contribution in [-0.4, -0.2) is 27.7 Å². The highest BCUT2D eigenvalue weighted by Gasteiger charge is 2.18. The van der Waals surface area contributed by atoms with Crippen molar-refractivity contribution in [1.29, 1.82) is 0 Å². The number of rotatable bonds is 1. The summed E-state index contributed by atoms with van der Waals surface area (Å²) in [6, 6.07) is 5.13. The minimum Gasteiger partial charge on any atom is -0.317 e. The average Bonchev–Trinajstić information content (AvgIpc) is 2.76. The molecular formula is C11H14N4O. The van der Waals surface area contributed by atoms with E-state index in [0.717, 1.165) is 31.8 Å². The molecule has 2 aromatic heterocycles. The third kappa shape index (κ3) is 1.53. The van der Waals surface area contributed by atoms with Gasteiger partial charge in [0.1, 0.15) is 5.82 Å². The molecule has 16 heavy (non-hydrogen) atoms. The number of hydrogen-bond donors (Lipinski definition) is 2. The van der Waals surface area contributed by atoms with Gasteiger partial charge in [0.2, 0.25) is 0 Å². The number of nitrogens with one attached hydrogen (secondary N) is 2. The summed E-state index contributed by atoms with van der Waals surface area (Å²) in [5, 5.41) is 6.42. The van der Waals surface area contributed by atoms with E-state index in [1.54, 1.807) is 6.07 Å². The molecule has 2 N–H and O–H groups in total. The van der Waals surface area contributed by atoms with Gasteiger partial charge >= 0.3 is 0 Å². The Morgan fingerprint density at radius 1 is 1.31 bits per heavy atom. The van der Waals surface area contributed by atoms with Crippen LogP contribution in [0.4, 0.5) is 0 Å². The van der Waals surface area contributed by atoms with E-state index in [0.29, 0.717) is 11.6 Å². The summed E-state index contributed by atoms with van der Waals surface area (Å²) in [6.45, 7) is 2.05. The third-order valence-corrected chi connectivity index (χ3v) is 3.12. The van der Waals surface area contributed by atoms with Crippen molar-refractivity contribution in [2.24, 2.45) is 0 Å². The van der Waals surface area contributed by atoms with Crippen LogP contribution in [0.15, 0.2) is 23.0 Å². The molecule has 2 aromatic rings. The van der Waals surface area contributed by atoms with Crippen molar-refractivity contribution in [2.45, 2.75) is 18.8 Å². The van der Waals surface area contributed by atoms with E-state index in [1.807, 2.05) is 6.07 Å². The number of nitrogens with zero attached hydrogens (tertiary/aromatic N) is 2. The molecule has 1 fully saturated rings. The molecule has 5 heteroatoms. The van der Waals surface area contributed by atoms with Gasteiger partial charge in [0.15, 0.2) is 5.65 Å². The van der Waals surface area contributed by atoms with Crippen molar-refractivity contribution in [3.8, 4) is 0 Å². The first-order valence-corrected chi connectivity index (χ1v) is 5.63. The molecule has 0 saturated carbocycles. The molecule has 1 aliphatic heterocycles. The average molecular weight is 218 g/mol. The molecule has 0 aliphatic carbocycles. The molecule has 0 amide bonds. The highest BCUT2D eigenvalue weighted by Crippen LogP contribution is 2.21. The van der Waals surface area contributed by atoms with Gasteiger partial charge in [-0.1, -0.05) is 6.07 Å². The van der Waals surface area contributed by atoms with Crippen molar-refractivity contribution < 1.29 is 0 Å². The van der Waals surface area contributed by atoms with Crippen molar-refractivity contribution in [2.75, 3.05) is 13.1 Å². The maximum absolute atomic E-state index is 11.6. The molecule has 0 unspecified atom stereocenters. The molecule has 84 valence electrons. The Labute approximate surface area is 92.5 Å². The number of piperidine rings is 1. The van der Waals surface area contributed by atoms with Crippen molar-refractivity contribution in [3.63, 3.8) is 0 Å². The van der Waals surface area contributed by atoms with Crippen LogP contribution < -0.4 is 10.9 Å². The summed E-state index contributed by atoms with van der Waals surface area (Å²) in [5.74, 6) is 1.38. The highest BCUT2D eigenvalue weighted by molar-refractivity contribution is 5.36. The number of H-pyrrole nitrogens is 1. The first-order valence-electron chi connectivity index (χ1n) is 5.63. The second kappa shape index (κ2) is 3.75. The zero-order chi connectivity index (χ0) is 11.0. The molecule has 5 nitrogen and oxygen atoms in total. The minimum atomic E-state index is -0.0508. The molecule has 1 saturated heterocycles. The Hall–Kier alpha value is -1.62. The number of fused-ring (bicyclic) bond motifs is 1. The van der Waals surface area contributed by atoms with Crippen LogP contribution in [0.3, 0.4) is 0 Å². The van der Waals surface area contributed by atoms with E-state index in [-0.39, 0.29) is 5.56 Å². The van der Waals surface area contributed by atoms with Gasteiger partial charge in [-0.15, -0.1) is 0 Å². The van der Waals surface area contributed by atoms with Crippen molar-refractivity contribution >= 4 is 5.65 Å². The Morgan fingerprint density at radius 2 is 2.12 bits per heavy atom. The zero-order valence-electron chi connectivity index (χ0n) is 8.94. The van der Waals surface area contributed by atoms with Gasteiger partial charge in [0, 0.05) is 12.0 Å². The molecule has 3 rings (SSSR count). The van der Waals surface area contributed by atoms with E-state index in [1.165, 1.54) is 10.6 Å². The van der Waals surface area contributed by atoms with Crippen LogP contribution in [-0.2, 0) is 0 Å².